The van der Waals surface area contributed by atoms with Gasteiger partial charge in [-0.15, -0.1) is 0 Å². The molecule has 7 heteroatoms. The normalized spacial score (nSPS) is 9.15. The van der Waals surface area contributed by atoms with Crippen molar-refractivity contribution in [3.05, 3.63) is 24.3 Å². The molecule has 0 aliphatic heterocycles. The summed E-state index contributed by atoms with van der Waals surface area (Å²) in [4.78, 5) is 40.6. The third-order valence-corrected chi connectivity index (χ3v) is 1.30. The minimum absolute atomic E-state index is 0. The molecular weight excluding hydrogens is 268 g/mol. The van der Waals surface area contributed by atoms with Crippen molar-refractivity contribution in [3.8, 4) is 0 Å². The number of carbonyl (C=O) groups excluding carboxylic acids is 3. The molecule has 0 fully saturated rings. The van der Waals surface area contributed by atoms with Gasteiger partial charge in [0.2, 0.25) is 0 Å². The van der Waals surface area contributed by atoms with E-state index in [0.717, 1.165) is 12.2 Å². The van der Waals surface area contributed by atoms with E-state index in [0.29, 0.717) is 12.7 Å². The number of carboxylic acids is 1. The quantitative estimate of drug-likeness (QED) is 0.596. The number of esters is 2. The minimum Gasteiger partial charge on any atom is -0.478 e. The van der Waals surface area contributed by atoms with Crippen LogP contribution in [0.2, 0.25) is 0 Å². The van der Waals surface area contributed by atoms with Crippen LogP contribution >= 0.6 is 0 Å². The smallest absolute Gasteiger partial charge is 0.330 e. The van der Waals surface area contributed by atoms with Crippen LogP contribution in [0.4, 0.5) is 0 Å². The Bertz CT molecular complexity index is 380. The highest BCUT2D eigenvalue weighted by Crippen LogP contribution is 1.81. The van der Waals surface area contributed by atoms with E-state index in [2.05, 4.69) is 9.47 Å². The number of aliphatic carboxylic acids is 1. The lowest BCUT2D eigenvalue weighted by molar-refractivity contribution is -0.137. The lowest BCUT2D eigenvalue weighted by Crippen LogP contribution is -1.99. The standard InChI is InChI=1S/C7H10O3.C5H6O4.CH4/c1-3-10-7(9)5-4-6(2)8;1-9-5(8)3-2-4(6)7;/h4-5H,3H2,1-2H3;2-3H,1H3,(H,6,7);1H4/b5-4+;3-2+;. The Balaban J connectivity index is -0.000000277. The molecule has 114 valence electrons. The van der Waals surface area contributed by atoms with E-state index < -0.39 is 17.9 Å². The molecule has 0 aromatic carbocycles. The first-order valence-electron chi connectivity index (χ1n) is 5.17. The maximum Gasteiger partial charge on any atom is 0.330 e. The third-order valence-electron chi connectivity index (χ3n) is 1.30. The van der Waals surface area contributed by atoms with Gasteiger partial charge in [-0.3, -0.25) is 4.79 Å². The van der Waals surface area contributed by atoms with Crippen molar-refractivity contribution in [1.29, 1.82) is 0 Å². The predicted octanol–water partition coefficient (Wildman–Crippen LogP) is 1.13. The van der Waals surface area contributed by atoms with E-state index in [1.807, 2.05) is 0 Å². The lowest BCUT2D eigenvalue weighted by Gasteiger charge is -1.92. The van der Waals surface area contributed by atoms with Crippen molar-refractivity contribution >= 4 is 23.7 Å². The second-order valence-electron chi connectivity index (χ2n) is 2.89. The van der Waals surface area contributed by atoms with Gasteiger partial charge in [-0.05, 0) is 19.9 Å². The lowest BCUT2D eigenvalue weighted by atomic mass is 10.4. The van der Waals surface area contributed by atoms with Crippen molar-refractivity contribution in [2.24, 2.45) is 0 Å². The molecule has 0 rings (SSSR count). The monoisotopic (exact) mass is 288 g/mol. The van der Waals surface area contributed by atoms with Gasteiger partial charge in [0.1, 0.15) is 0 Å². The van der Waals surface area contributed by atoms with Gasteiger partial charge in [-0.1, -0.05) is 7.43 Å². The molecule has 0 unspecified atom stereocenters. The number of methoxy groups -OCH3 is 1. The van der Waals surface area contributed by atoms with Crippen molar-refractivity contribution in [1.82, 2.24) is 0 Å². The minimum atomic E-state index is -1.17. The molecule has 0 radical (unpaired) electrons. The van der Waals surface area contributed by atoms with Gasteiger partial charge in [0.25, 0.3) is 0 Å². The molecule has 0 amide bonds. The number of rotatable bonds is 5. The first-order chi connectivity index (χ1) is 8.83. The fourth-order valence-corrected chi connectivity index (χ4v) is 0.583. The van der Waals surface area contributed by atoms with Gasteiger partial charge in [0, 0.05) is 18.2 Å². The Morgan fingerprint density at radius 1 is 1.00 bits per heavy atom. The molecule has 7 nitrogen and oxygen atoms in total. The molecule has 0 bridgehead atoms. The Morgan fingerprint density at radius 3 is 1.85 bits per heavy atom. The van der Waals surface area contributed by atoms with Crippen LogP contribution in [0.25, 0.3) is 0 Å². The number of carboxylic acid groups (broad SMARTS) is 1. The zero-order chi connectivity index (χ0) is 15.3. The molecule has 0 atom stereocenters. The Hall–Kier alpha value is -2.44. The predicted molar refractivity (Wildman–Crippen MR) is 72.0 cm³/mol. The summed E-state index contributed by atoms with van der Waals surface area (Å²) in [5.74, 6) is -2.47. The van der Waals surface area contributed by atoms with Gasteiger partial charge in [-0.2, -0.15) is 0 Å². The van der Waals surface area contributed by atoms with Crippen molar-refractivity contribution in [2.75, 3.05) is 13.7 Å². The van der Waals surface area contributed by atoms with Gasteiger partial charge in [0.15, 0.2) is 5.78 Å². The van der Waals surface area contributed by atoms with Crippen LogP contribution in [0.1, 0.15) is 21.3 Å². The molecule has 0 saturated carbocycles. The van der Waals surface area contributed by atoms with Crippen LogP contribution in [-0.2, 0) is 28.7 Å². The zero-order valence-corrected chi connectivity index (χ0v) is 10.9. The summed E-state index contributed by atoms with van der Waals surface area (Å²) in [7, 11) is 1.18. The molecule has 0 saturated heterocycles. The van der Waals surface area contributed by atoms with Gasteiger partial charge in [-0.25, -0.2) is 14.4 Å². The number of carbonyl (C=O) groups is 4. The fourth-order valence-electron chi connectivity index (χ4n) is 0.583. The first-order valence-corrected chi connectivity index (χ1v) is 5.17. The number of hydrogen-bond donors (Lipinski definition) is 1. The second-order valence-corrected chi connectivity index (χ2v) is 2.89. The SMILES string of the molecule is C.CCOC(=O)/C=C/C(C)=O.COC(=O)/C=C/C(=O)O. The van der Waals surface area contributed by atoms with Crippen LogP contribution in [0, 0.1) is 0 Å². The molecule has 0 aromatic rings. The number of ether oxygens (including phenoxy) is 2. The summed E-state index contributed by atoms with van der Waals surface area (Å²) in [5, 5.41) is 7.96. The Labute approximate surface area is 117 Å². The van der Waals surface area contributed by atoms with E-state index in [-0.39, 0.29) is 13.2 Å². The highest BCUT2D eigenvalue weighted by Gasteiger charge is 1.93. The van der Waals surface area contributed by atoms with E-state index in [1.54, 1.807) is 6.92 Å². The summed E-state index contributed by atoms with van der Waals surface area (Å²) in [5.41, 5.74) is 0. The van der Waals surface area contributed by atoms with E-state index in [4.69, 9.17) is 5.11 Å². The van der Waals surface area contributed by atoms with Crippen molar-refractivity contribution in [2.45, 2.75) is 21.3 Å². The summed E-state index contributed by atoms with van der Waals surface area (Å²) in [6.07, 6.45) is 3.85. The second kappa shape index (κ2) is 14.6. The van der Waals surface area contributed by atoms with Gasteiger partial charge < -0.3 is 14.6 Å². The van der Waals surface area contributed by atoms with Crippen LogP contribution < -0.4 is 0 Å². The molecule has 0 aromatic heterocycles. The Morgan fingerprint density at radius 2 is 1.50 bits per heavy atom. The highest BCUT2D eigenvalue weighted by molar-refractivity contribution is 5.94. The zero-order valence-electron chi connectivity index (χ0n) is 10.9. The third kappa shape index (κ3) is 20.9. The summed E-state index contributed by atoms with van der Waals surface area (Å²) < 4.78 is 8.63. The van der Waals surface area contributed by atoms with Crippen LogP contribution in [0.15, 0.2) is 24.3 Å². The average Bonchev–Trinajstić information content (AvgIpc) is 2.34. The molecule has 1 N–H and O–H groups in total. The van der Waals surface area contributed by atoms with Crippen molar-refractivity contribution < 1.29 is 33.8 Å². The molecule has 0 aliphatic rings. The van der Waals surface area contributed by atoms with E-state index in [9.17, 15) is 19.2 Å². The topological polar surface area (TPSA) is 107 Å². The fraction of sp³-hybridized carbons (Fsp3) is 0.385. The summed E-state index contributed by atoms with van der Waals surface area (Å²) in [6.45, 7) is 3.41. The highest BCUT2D eigenvalue weighted by atomic mass is 16.5. The molecule has 20 heavy (non-hydrogen) atoms. The van der Waals surface area contributed by atoms with E-state index >= 15 is 0 Å². The van der Waals surface area contributed by atoms with Gasteiger partial charge in [0.05, 0.1) is 13.7 Å². The maximum absolute atomic E-state index is 10.5. The molecule has 0 aliphatic carbocycles. The number of hydrogen-bond acceptors (Lipinski definition) is 6. The summed E-state index contributed by atoms with van der Waals surface area (Å²) >= 11 is 0. The van der Waals surface area contributed by atoms with Crippen LogP contribution in [0.5, 0.6) is 0 Å². The van der Waals surface area contributed by atoms with E-state index in [1.165, 1.54) is 20.1 Å². The average molecular weight is 288 g/mol. The summed E-state index contributed by atoms with van der Waals surface area (Å²) in [6, 6.07) is 0. The molecule has 0 spiro atoms. The van der Waals surface area contributed by atoms with Gasteiger partial charge >= 0.3 is 17.9 Å². The first kappa shape index (κ1) is 22.7. The Kier molecular flexibility index (Phi) is 16.6. The number of allylic oxidation sites excluding steroid dienone is 1. The molecule has 0 heterocycles. The van der Waals surface area contributed by atoms with Crippen LogP contribution in [0.3, 0.4) is 0 Å². The van der Waals surface area contributed by atoms with Crippen LogP contribution in [-0.4, -0.2) is 42.5 Å². The van der Waals surface area contributed by atoms with Crippen molar-refractivity contribution in [3.63, 3.8) is 0 Å². The number of ketones is 1. The maximum atomic E-state index is 10.5. The largest absolute Gasteiger partial charge is 0.478 e. The molecular formula is C13H20O7.